The second-order valence-electron chi connectivity index (χ2n) is 13.9. The molecule has 1 unspecified atom stereocenters. The number of aromatic nitrogens is 4. The zero-order valence-electron chi connectivity index (χ0n) is 27.0. The van der Waals surface area contributed by atoms with E-state index >= 15 is 8.78 Å². The summed E-state index contributed by atoms with van der Waals surface area (Å²) in [4.78, 5) is 47.2. The molecule has 0 bridgehead atoms. The number of hydrogen-bond donors (Lipinski definition) is 1. The molecule has 4 aliphatic rings. The predicted octanol–water partition coefficient (Wildman–Crippen LogP) is 2.86. The number of β-amino-alcohol motifs (C(OH)–C–C–N with tert-alkyl or cyclic N) is 1. The van der Waals surface area contributed by atoms with Gasteiger partial charge in [0.2, 0.25) is 5.91 Å². The van der Waals surface area contributed by atoms with Crippen LogP contribution in [-0.2, 0) is 26.2 Å². The Bertz CT molecular complexity index is 1810. The average Bonchev–Trinajstić information content (AvgIpc) is 3.67. The molecule has 3 amide bonds. The number of rotatable bonds is 6. The Balaban J connectivity index is 1.02. The van der Waals surface area contributed by atoms with Crippen molar-refractivity contribution in [3.05, 3.63) is 60.2 Å². The van der Waals surface area contributed by atoms with Gasteiger partial charge >= 0.3 is 12.2 Å². The van der Waals surface area contributed by atoms with Crippen LogP contribution in [0.25, 0.3) is 11.1 Å². The molecule has 1 N–H and O–H groups in total. The van der Waals surface area contributed by atoms with Gasteiger partial charge in [-0.25, -0.2) is 23.1 Å². The molecule has 5 heterocycles. The summed E-state index contributed by atoms with van der Waals surface area (Å²) >= 11 is 0. The Morgan fingerprint density at radius 3 is 2.45 bits per heavy atom. The molecule has 2 aromatic heterocycles. The lowest BCUT2D eigenvalue weighted by Crippen LogP contribution is -2.49. The van der Waals surface area contributed by atoms with Gasteiger partial charge in [0.1, 0.15) is 34.8 Å². The molecule has 1 aliphatic carbocycles. The minimum absolute atomic E-state index is 0.00379. The lowest BCUT2D eigenvalue weighted by molar-refractivity contribution is -0.135. The number of pyridine rings is 1. The topological polar surface area (TPSA) is 167 Å². The molecule has 3 saturated heterocycles. The zero-order chi connectivity index (χ0) is 34.8. The molecule has 0 spiro atoms. The number of hydrogen-bond acceptors (Lipinski definition) is 10. The van der Waals surface area contributed by atoms with Crippen molar-refractivity contribution in [1.29, 1.82) is 5.26 Å². The number of benzene rings is 1. The molecule has 3 aliphatic heterocycles. The smallest absolute Gasteiger partial charge is 0.414 e. The van der Waals surface area contributed by atoms with E-state index in [0.29, 0.717) is 5.69 Å². The van der Waals surface area contributed by atoms with Crippen molar-refractivity contribution in [2.75, 3.05) is 31.1 Å². The van der Waals surface area contributed by atoms with E-state index in [2.05, 4.69) is 21.4 Å². The third kappa shape index (κ3) is 5.71. The number of aliphatic hydroxyl groups is 1. The fraction of sp³-hybridized carbons (Fsp3) is 0.485. The number of nitrogens with zero attached hydrogens (tertiary/aromatic N) is 8. The van der Waals surface area contributed by atoms with E-state index in [1.807, 2.05) is 0 Å². The predicted molar refractivity (Wildman–Crippen MR) is 165 cm³/mol. The van der Waals surface area contributed by atoms with Crippen LogP contribution in [0.1, 0.15) is 32.9 Å². The summed E-state index contributed by atoms with van der Waals surface area (Å²) in [6.07, 6.45) is 1.66. The van der Waals surface area contributed by atoms with Crippen LogP contribution in [0.15, 0.2) is 42.9 Å². The number of carbonyl (C=O) groups excluding carboxylic acids is 3. The van der Waals surface area contributed by atoms with Gasteiger partial charge in [-0.15, -0.1) is 5.10 Å². The van der Waals surface area contributed by atoms with Crippen LogP contribution in [-0.4, -0.2) is 103 Å². The maximum absolute atomic E-state index is 15.4. The maximum atomic E-state index is 15.4. The number of ether oxygens (including phenoxy) is 2. The van der Waals surface area contributed by atoms with Crippen LogP contribution in [0.5, 0.6) is 0 Å². The van der Waals surface area contributed by atoms with E-state index in [-0.39, 0.29) is 73.7 Å². The molecule has 1 aromatic carbocycles. The molecule has 4 fully saturated rings. The Morgan fingerprint density at radius 2 is 1.86 bits per heavy atom. The van der Waals surface area contributed by atoms with Crippen molar-refractivity contribution in [1.82, 2.24) is 29.8 Å². The van der Waals surface area contributed by atoms with Gasteiger partial charge in [-0.05, 0) is 39.0 Å². The summed E-state index contributed by atoms with van der Waals surface area (Å²) in [5.74, 6) is -2.55. The van der Waals surface area contributed by atoms with Crippen molar-refractivity contribution in [2.24, 2.45) is 11.8 Å². The number of fused-ring (bicyclic) bond motifs is 1. The van der Waals surface area contributed by atoms with Crippen LogP contribution < -0.4 is 4.90 Å². The van der Waals surface area contributed by atoms with Gasteiger partial charge < -0.3 is 19.5 Å². The number of halogens is 2. The first-order valence-corrected chi connectivity index (χ1v) is 15.9. The Morgan fingerprint density at radius 1 is 1.14 bits per heavy atom. The van der Waals surface area contributed by atoms with E-state index < -0.39 is 53.1 Å². The van der Waals surface area contributed by atoms with Crippen LogP contribution in [0.3, 0.4) is 0 Å². The number of amides is 3. The van der Waals surface area contributed by atoms with Crippen LogP contribution in [0.2, 0.25) is 0 Å². The second-order valence-corrected chi connectivity index (χ2v) is 13.9. The zero-order valence-corrected chi connectivity index (χ0v) is 27.0. The van der Waals surface area contributed by atoms with Gasteiger partial charge in [0.15, 0.2) is 0 Å². The maximum Gasteiger partial charge on any atom is 0.414 e. The highest BCUT2D eigenvalue weighted by molar-refractivity contribution is 5.90. The SMILES string of the molecule is CC(C)(C)OC(=O)N1C[C@H](O)C[C@H]1C(=O)N1C[C@@H]2[C@H](C1)C2(C#N)c1ccc(-c2c(F)cc(N3C[C@H](Cn4ccnn4)OC3=O)cc2F)cn1. The Hall–Kier alpha value is -5.17. The minimum atomic E-state index is -0.977. The number of likely N-dealkylation sites (tertiary alicyclic amines) is 2. The molecule has 14 nitrogen and oxygen atoms in total. The summed E-state index contributed by atoms with van der Waals surface area (Å²) in [6.45, 7) is 5.99. The highest BCUT2D eigenvalue weighted by atomic mass is 19.1. The second kappa shape index (κ2) is 11.8. The van der Waals surface area contributed by atoms with E-state index in [1.165, 1.54) is 28.0 Å². The van der Waals surface area contributed by atoms with E-state index in [9.17, 15) is 24.8 Å². The molecule has 49 heavy (non-hydrogen) atoms. The Labute approximate surface area is 279 Å². The number of piperidine rings is 1. The summed E-state index contributed by atoms with van der Waals surface area (Å²) in [5.41, 5.74) is -1.49. The Kier molecular flexibility index (Phi) is 7.77. The van der Waals surface area contributed by atoms with Crippen molar-refractivity contribution in [3.8, 4) is 17.2 Å². The van der Waals surface area contributed by atoms with Crippen molar-refractivity contribution < 1.29 is 37.7 Å². The number of anilines is 1. The first-order chi connectivity index (χ1) is 23.3. The van der Waals surface area contributed by atoms with Gasteiger partial charge in [0.05, 0.1) is 54.9 Å². The van der Waals surface area contributed by atoms with Gasteiger partial charge in [0.25, 0.3) is 0 Å². The van der Waals surface area contributed by atoms with E-state index in [4.69, 9.17) is 9.47 Å². The summed E-state index contributed by atoms with van der Waals surface area (Å²) < 4.78 is 43.1. The molecular formula is C33H34F2N8O6. The molecule has 1 saturated carbocycles. The summed E-state index contributed by atoms with van der Waals surface area (Å²) in [6, 6.07) is 6.69. The largest absolute Gasteiger partial charge is 0.444 e. The highest BCUT2D eigenvalue weighted by Crippen LogP contribution is 2.63. The molecule has 3 aromatic rings. The van der Waals surface area contributed by atoms with Crippen molar-refractivity contribution >= 4 is 23.8 Å². The average molecular weight is 677 g/mol. The first-order valence-electron chi connectivity index (χ1n) is 15.9. The molecular weight excluding hydrogens is 642 g/mol. The van der Waals surface area contributed by atoms with Gasteiger partial charge in [-0.1, -0.05) is 11.3 Å². The highest BCUT2D eigenvalue weighted by Gasteiger charge is 2.71. The lowest BCUT2D eigenvalue weighted by Gasteiger charge is -2.31. The normalized spacial score (nSPS) is 27.6. The van der Waals surface area contributed by atoms with Gasteiger partial charge in [0, 0.05) is 49.3 Å². The monoisotopic (exact) mass is 676 g/mol. The standard InChI is InChI=1S/C33H34F2N8O6/c1-32(2,3)49-31(47)43-12-20(44)10-26(43)29(45)40-15-22-23(16-40)33(22,17-36)27-5-4-18(11-37-27)28-24(34)8-19(9-25(28)35)42-14-21(48-30(42)46)13-41-7-6-38-39-41/h4-9,11,20-23,26,44H,10,12-16H2,1-3H3/t20-,21+,22-,23+,26+,33?/m1/s1. The van der Waals surface area contributed by atoms with Gasteiger partial charge in [-0.3, -0.25) is 19.6 Å². The van der Waals surface area contributed by atoms with E-state index in [0.717, 1.165) is 17.0 Å². The van der Waals surface area contributed by atoms with Gasteiger partial charge in [-0.2, -0.15) is 5.26 Å². The fourth-order valence-corrected chi connectivity index (χ4v) is 7.34. The minimum Gasteiger partial charge on any atom is -0.444 e. The number of carbonyl (C=O) groups is 3. The van der Waals surface area contributed by atoms with Crippen molar-refractivity contribution in [2.45, 2.75) is 63.0 Å². The molecule has 6 atom stereocenters. The molecule has 7 rings (SSSR count). The van der Waals surface area contributed by atoms with E-state index in [1.54, 1.807) is 37.9 Å². The number of cyclic esters (lactones) is 1. The molecule has 16 heteroatoms. The fourth-order valence-electron chi connectivity index (χ4n) is 7.34. The van der Waals surface area contributed by atoms with Crippen LogP contribution in [0.4, 0.5) is 24.1 Å². The third-order valence-corrected chi connectivity index (χ3v) is 9.62. The lowest BCUT2D eigenvalue weighted by atomic mass is 9.95. The third-order valence-electron chi connectivity index (χ3n) is 9.62. The first kappa shape index (κ1) is 32.4. The molecule has 256 valence electrons. The number of aliphatic hydroxyl groups excluding tert-OH is 1. The number of nitriles is 1. The quantitative estimate of drug-likeness (QED) is 0.410. The summed E-state index contributed by atoms with van der Waals surface area (Å²) in [7, 11) is 0. The van der Waals surface area contributed by atoms with Crippen LogP contribution >= 0.6 is 0 Å². The van der Waals surface area contributed by atoms with Crippen LogP contribution in [0, 0.1) is 34.8 Å². The van der Waals surface area contributed by atoms with Crippen molar-refractivity contribution in [3.63, 3.8) is 0 Å². The summed E-state index contributed by atoms with van der Waals surface area (Å²) in [5, 5.41) is 28.1. The molecule has 0 radical (unpaired) electrons.